The van der Waals surface area contributed by atoms with E-state index in [2.05, 4.69) is 10.2 Å². The Balaban J connectivity index is 2.27. The van der Waals surface area contributed by atoms with Gasteiger partial charge in [-0.1, -0.05) is 6.92 Å². The molecule has 1 aromatic carbocycles. The lowest BCUT2D eigenvalue weighted by molar-refractivity contribution is -0.385. The highest BCUT2D eigenvalue weighted by atomic mass is 16.6. The van der Waals surface area contributed by atoms with Gasteiger partial charge in [0.05, 0.1) is 18.2 Å². The summed E-state index contributed by atoms with van der Waals surface area (Å²) in [6.07, 6.45) is 2.47. The quantitative estimate of drug-likeness (QED) is 0.616. The van der Waals surface area contributed by atoms with Crippen LogP contribution in [0.5, 0.6) is 17.4 Å². The third-order valence-corrected chi connectivity index (χ3v) is 2.67. The van der Waals surface area contributed by atoms with Gasteiger partial charge in [-0.2, -0.15) is 5.10 Å². The molecule has 1 aromatic heterocycles. The van der Waals surface area contributed by atoms with Gasteiger partial charge in [0.25, 0.3) is 0 Å². The van der Waals surface area contributed by atoms with E-state index in [-0.39, 0.29) is 11.4 Å². The molecule has 0 saturated carbocycles. The third kappa shape index (κ3) is 3.00. The van der Waals surface area contributed by atoms with E-state index in [9.17, 15) is 10.1 Å². The number of ether oxygens (including phenoxy) is 2. The lowest BCUT2D eigenvalue weighted by Gasteiger charge is -2.07. The van der Waals surface area contributed by atoms with Gasteiger partial charge in [0, 0.05) is 18.2 Å². The normalized spacial score (nSPS) is 10.1. The molecule has 0 aliphatic heterocycles. The van der Waals surface area contributed by atoms with Crippen LogP contribution in [0.1, 0.15) is 12.5 Å². The molecular weight excluding hydrogens is 262 g/mol. The second-order valence-corrected chi connectivity index (χ2v) is 3.95. The zero-order valence-electron chi connectivity index (χ0n) is 11.1. The van der Waals surface area contributed by atoms with Gasteiger partial charge in [-0.15, -0.1) is 5.10 Å². The second kappa shape index (κ2) is 5.96. The van der Waals surface area contributed by atoms with Crippen molar-refractivity contribution in [3.8, 4) is 17.4 Å². The minimum Gasteiger partial charge on any atom is -0.490 e. The fraction of sp³-hybridized carbons (Fsp3) is 0.231. The Bertz CT molecular complexity index is 631. The summed E-state index contributed by atoms with van der Waals surface area (Å²) in [5.41, 5.74) is 0.872. The van der Waals surface area contributed by atoms with E-state index >= 15 is 0 Å². The molecule has 0 fully saturated rings. The Kier molecular flexibility index (Phi) is 4.09. The number of methoxy groups -OCH3 is 1. The van der Waals surface area contributed by atoms with Crippen LogP contribution < -0.4 is 9.47 Å². The van der Waals surface area contributed by atoms with Gasteiger partial charge in [-0.05, 0) is 18.1 Å². The minimum absolute atomic E-state index is 0.117. The van der Waals surface area contributed by atoms with Crippen molar-refractivity contribution in [2.45, 2.75) is 13.3 Å². The number of hydrogen-bond donors (Lipinski definition) is 0. The topological polar surface area (TPSA) is 87.4 Å². The molecule has 0 aliphatic carbocycles. The average Bonchev–Trinajstić information content (AvgIpc) is 2.47. The molecule has 0 saturated heterocycles. The molecule has 20 heavy (non-hydrogen) atoms. The van der Waals surface area contributed by atoms with Crippen LogP contribution in [0, 0.1) is 10.1 Å². The lowest BCUT2D eigenvalue weighted by atomic mass is 10.2. The molecule has 2 aromatic rings. The zero-order chi connectivity index (χ0) is 14.5. The highest BCUT2D eigenvalue weighted by Gasteiger charge is 2.15. The van der Waals surface area contributed by atoms with E-state index in [0.717, 1.165) is 12.0 Å². The maximum absolute atomic E-state index is 10.8. The molecule has 7 heteroatoms. The SMILES string of the molecule is CCc1cnnc(Oc2ccc([N+](=O)[O-])c(OC)c2)c1. The molecule has 7 nitrogen and oxygen atoms in total. The molecule has 0 spiro atoms. The number of aromatic nitrogens is 2. The van der Waals surface area contributed by atoms with E-state index in [1.165, 1.54) is 25.3 Å². The summed E-state index contributed by atoms with van der Waals surface area (Å²) < 4.78 is 10.5. The highest BCUT2D eigenvalue weighted by Crippen LogP contribution is 2.32. The van der Waals surface area contributed by atoms with Crippen LogP contribution in [0.4, 0.5) is 5.69 Å². The fourth-order valence-electron chi connectivity index (χ4n) is 1.62. The van der Waals surface area contributed by atoms with Crippen molar-refractivity contribution >= 4 is 5.69 Å². The van der Waals surface area contributed by atoms with Gasteiger partial charge in [-0.25, -0.2) is 0 Å². The molecule has 0 atom stereocenters. The van der Waals surface area contributed by atoms with Crippen LogP contribution in [-0.2, 0) is 6.42 Å². The largest absolute Gasteiger partial charge is 0.490 e. The lowest BCUT2D eigenvalue weighted by Crippen LogP contribution is -1.96. The average molecular weight is 275 g/mol. The van der Waals surface area contributed by atoms with E-state index in [0.29, 0.717) is 11.6 Å². The Morgan fingerprint density at radius 1 is 1.35 bits per heavy atom. The van der Waals surface area contributed by atoms with Crippen molar-refractivity contribution in [1.29, 1.82) is 0 Å². The van der Waals surface area contributed by atoms with Crippen molar-refractivity contribution in [3.05, 3.63) is 46.1 Å². The molecule has 104 valence electrons. The predicted octanol–water partition coefficient (Wildman–Crippen LogP) is 2.75. The molecule has 0 bridgehead atoms. The number of nitrogens with zero attached hydrogens (tertiary/aromatic N) is 3. The highest BCUT2D eigenvalue weighted by molar-refractivity contribution is 5.51. The number of nitro groups is 1. The van der Waals surface area contributed by atoms with Crippen LogP contribution in [0.2, 0.25) is 0 Å². The predicted molar refractivity (Wildman–Crippen MR) is 71.1 cm³/mol. The Morgan fingerprint density at radius 3 is 2.80 bits per heavy atom. The van der Waals surface area contributed by atoms with Gasteiger partial charge < -0.3 is 9.47 Å². The first-order valence-corrected chi connectivity index (χ1v) is 5.96. The monoisotopic (exact) mass is 275 g/mol. The first kappa shape index (κ1) is 13.7. The first-order valence-electron chi connectivity index (χ1n) is 5.96. The van der Waals surface area contributed by atoms with Crippen LogP contribution in [0.3, 0.4) is 0 Å². The second-order valence-electron chi connectivity index (χ2n) is 3.95. The molecular formula is C13H13N3O4. The molecule has 0 amide bonds. The summed E-state index contributed by atoms with van der Waals surface area (Å²) in [6, 6.07) is 6.02. The van der Waals surface area contributed by atoms with Crippen LogP contribution in [0.15, 0.2) is 30.5 Å². The summed E-state index contributed by atoms with van der Waals surface area (Å²) in [5, 5.41) is 18.5. The standard InChI is InChI=1S/C13H13N3O4/c1-3-9-6-13(15-14-8-9)20-10-4-5-11(16(17)18)12(7-10)19-2/h4-8H,3H2,1-2H3. The number of aryl methyl sites for hydroxylation is 1. The number of hydrogen-bond acceptors (Lipinski definition) is 6. The van der Waals surface area contributed by atoms with Crippen molar-refractivity contribution in [3.63, 3.8) is 0 Å². The van der Waals surface area contributed by atoms with E-state index in [1.807, 2.05) is 6.92 Å². The third-order valence-electron chi connectivity index (χ3n) is 2.67. The van der Waals surface area contributed by atoms with Gasteiger partial charge in [-0.3, -0.25) is 10.1 Å². The fourth-order valence-corrected chi connectivity index (χ4v) is 1.62. The Labute approximate surface area is 115 Å². The maximum atomic E-state index is 10.8. The number of nitro benzene ring substituents is 1. The molecule has 0 aliphatic rings. The smallest absolute Gasteiger partial charge is 0.311 e. The summed E-state index contributed by atoms with van der Waals surface area (Å²) in [6.45, 7) is 2.00. The van der Waals surface area contributed by atoms with Crippen LogP contribution in [0.25, 0.3) is 0 Å². The van der Waals surface area contributed by atoms with Crippen molar-refractivity contribution in [2.75, 3.05) is 7.11 Å². The summed E-state index contributed by atoms with van der Waals surface area (Å²) >= 11 is 0. The minimum atomic E-state index is -0.514. The van der Waals surface area contributed by atoms with Gasteiger partial charge in [0.1, 0.15) is 5.75 Å². The van der Waals surface area contributed by atoms with Crippen LogP contribution in [-0.4, -0.2) is 22.2 Å². The maximum Gasteiger partial charge on any atom is 0.311 e. The summed E-state index contributed by atoms with van der Waals surface area (Å²) in [7, 11) is 1.36. The molecule has 1 heterocycles. The van der Waals surface area contributed by atoms with Gasteiger partial charge >= 0.3 is 5.69 Å². The molecule has 0 N–H and O–H groups in total. The molecule has 2 rings (SSSR count). The van der Waals surface area contributed by atoms with Gasteiger partial charge in [0.15, 0.2) is 0 Å². The summed E-state index contributed by atoms with van der Waals surface area (Å²) in [4.78, 5) is 10.3. The molecule has 0 radical (unpaired) electrons. The van der Waals surface area contributed by atoms with Crippen LogP contribution >= 0.6 is 0 Å². The van der Waals surface area contributed by atoms with Crippen molar-refractivity contribution in [2.24, 2.45) is 0 Å². The van der Waals surface area contributed by atoms with Crippen molar-refractivity contribution < 1.29 is 14.4 Å². The first-order chi connectivity index (χ1) is 9.63. The van der Waals surface area contributed by atoms with Crippen molar-refractivity contribution in [1.82, 2.24) is 10.2 Å². The Morgan fingerprint density at radius 2 is 2.15 bits per heavy atom. The summed E-state index contributed by atoms with van der Waals surface area (Å²) in [5.74, 6) is 0.863. The number of rotatable bonds is 5. The van der Waals surface area contributed by atoms with E-state index in [4.69, 9.17) is 9.47 Å². The van der Waals surface area contributed by atoms with E-state index < -0.39 is 4.92 Å². The van der Waals surface area contributed by atoms with Gasteiger partial charge in [0.2, 0.25) is 11.6 Å². The van der Waals surface area contributed by atoms with E-state index in [1.54, 1.807) is 12.3 Å². The number of benzene rings is 1. The zero-order valence-corrected chi connectivity index (χ0v) is 11.1. The molecule has 0 unspecified atom stereocenters. The Hall–Kier alpha value is -2.70.